The van der Waals surface area contributed by atoms with E-state index in [4.69, 9.17) is 0 Å². The van der Waals surface area contributed by atoms with Gasteiger partial charge in [0.15, 0.2) is 0 Å². The standard InChI is InChI=1S/C9H11N3O6/c1-5(8(14)18-3)11-4-6(12(16)17)7(13)10(2)9(11)15/h4-5H,1-3H3/t5-/m1/s1. The van der Waals surface area contributed by atoms with E-state index in [1.807, 2.05) is 0 Å². The average Bonchev–Trinajstić information content (AvgIpc) is 2.34. The van der Waals surface area contributed by atoms with Crippen molar-refractivity contribution < 1.29 is 14.5 Å². The Morgan fingerprint density at radius 1 is 1.50 bits per heavy atom. The van der Waals surface area contributed by atoms with E-state index in [1.54, 1.807) is 0 Å². The monoisotopic (exact) mass is 257 g/mol. The molecule has 0 bridgehead atoms. The largest absolute Gasteiger partial charge is 0.467 e. The molecular formula is C9H11N3O6. The lowest BCUT2D eigenvalue weighted by molar-refractivity contribution is -0.387. The van der Waals surface area contributed by atoms with Gasteiger partial charge in [-0.1, -0.05) is 0 Å². The summed E-state index contributed by atoms with van der Waals surface area (Å²) >= 11 is 0. The van der Waals surface area contributed by atoms with Crippen LogP contribution in [0.25, 0.3) is 0 Å². The summed E-state index contributed by atoms with van der Waals surface area (Å²) in [5.74, 6) is -0.745. The van der Waals surface area contributed by atoms with Crippen molar-refractivity contribution in [1.82, 2.24) is 9.13 Å². The minimum absolute atomic E-state index is 0.567. The fourth-order valence-electron chi connectivity index (χ4n) is 1.36. The van der Waals surface area contributed by atoms with Gasteiger partial charge < -0.3 is 4.74 Å². The molecule has 9 nitrogen and oxygen atoms in total. The van der Waals surface area contributed by atoms with Crippen LogP contribution in [-0.4, -0.2) is 27.1 Å². The molecule has 0 spiro atoms. The molecule has 0 N–H and O–H groups in total. The number of aromatic nitrogens is 2. The van der Waals surface area contributed by atoms with Gasteiger partial charge in [-0.15, -0.1) is 0 Å². The van der Waals surface area contributed by atoms with E-state index in [0.29, 0.717) is 4.57 Å². The maximum atomic E-state index is 11.7. The van der Waals surface area contributed by atoms with Gasteiger partial charge >= 0.3 is 22.9 Å². The van der Waals surface area contributed by atoms with E-state index < -0.39 is 33.9 Å². The van der Waals surface area contributed by atoms with E-state index in [2.05, 4.69) is 4.74 Å². The SMILES string of the molecule is COC(=O)[C@@H](C)n1cc([N+](=O)[O-])c(=O)n(C)c1=O. The summed E-state index contributed by atoms with van der Waals surface area (Å²) in [5.41, 5.74) is -2.64. The maximum absolute atomic E-state index is 11.7. The third kappa shape index (κ3) is 2.14. The molecule has 1 rings (SSSR count). The fourth-order valence-corrected chi connectivity index (χ4v) is 1.36. The highest BCUT2D eigenvalue weighted by Gasteiger charge is 2.23. The summed E-state index contributed by atoms with van der Waals surface area (Å²) in [4.78, 5) is 44.2. The van der Waals surface area contributed by atoms with Gasteiger partial charge in [-0.3, -0.25) is 24.0 Å². The second-order valence-corrected chi connectivity index (χ2v) is 3.52. The van der Waals surface area contributed by atoms with Gasteiger partial charge in [0.1, 0.15) is 6.04 Å². The molecule has 1 aromatic heterocycles. The van der Waals surface area contributed by atoms with Crippen LogP contribution < -0.4 is 11.2 Å². The van der Waals surface area contributed by atoms with Crippen molar-refractivity contribution in [3.63, 3.8) is 0 Å². The molecule has 0 unspecified atom stereocenters. The topological polar surface area (TPSA) is 113 Å². The lowest BCUT2D eigenvalue weighted by Crippen LogP contribution is -2.41. The normalized spacial score (nSPS) is 11.9. The molecule has 0 amide bonds. The molecule has 1 atom stereocenters. The van der Waals surface area contributed by atoms with Crippen LogP contribution in [0.3, 0.4) is 0 Å². The number of esters is 1. The van der Waals surface area contributed by atoms with Gasteiger partial charge in [0, 0.05) is 7.05 Å². The fraction of sp³-hybridized carbons (Fsp3) is 0.444. The van der Waals surface area contributed by atoms with E-state index in [1.165, 1.54) is 6.92 Å². The van der Waals surface area contributed by atoms with Crippen LogP contribution in [0.2, 0.25) is 0 Å². The summed E-state index contributed by atoms with van der Waals surface area (Å²) in [6.45, 7) is 1.33. The molecule has 0 saturated carbocycles. The Morgan fingerprint density at radius 3 is 2.50 bits per heavy atom. The molecular weight excluding hydrogens is 246 g/mol. The quantitative estimate of drug-likeness (QED) is 0.397. The third-order valence-corrected chi connectivity index (χ3v) is 2.45. The zero-order chi connectivity index (χ0) is 14.0. The van der Waals surface area contributed by atoms with E-state index in [0.717, 1.165) is 24.9 Å². The highest BCUT2D eigenvalue weighted by Crippen LogP contribution is 2.07. The zero-order valence-electron chi connectivity index (χ0n) is 9.95. The molecule has 9 heteroatoms. The van der Waals surface area contributed by atoms with Crippen molar-refractivity contribution in [2.75, 3.05) is 7.11 Å². The number of methoxy groups -OCH3 is 1. The first-order valence-electron chi connectivity index (χ1n) is 4.85. The first-order chi connectivity index (χ1) is 8.31. The molecule has 0 fully saturated rings. The number of nitrogens with zero attached hydrogens (tertiary/aromatic N) is 3. The van der Waals surface area contributed by atoms with Gasteiger partial charge in [0.25, 0.3) is 0 Å². The minimum atomic E-state index is -1.06. The Bertz CT molecular complexity index is 614. The average molecular weight is 257 g/mol. The summed E-state index contributed by atoms with van der Waals surface area (Å²) < 4.78 is 5.79. The van der Waals surface area contributed by atoms with Crippen LogP contribution in [0.4, 0.5) is 5.69 Å². The number of ether oxygens (including phenoxy) is 1. The number of rotatable bonds is 3. The van der Waals surface area contributed by atoms with Gasteiger partial charge in [0.2, 0.25) is 0 Å². The predicted molar refractivity (Wildman–Crippen MR) is 59.3 cm³/mol. The van der Waals surface area contributed by atoms with Gasteiger partial charge in [0.05, 0.1) is 18.2 Å². The second kappa shape index (κ2) is 4.82. The molecule has 0 aliphatic rings. The summed E-state index contributed by atoms with van der Waals surface area (Å²) in [5, 5.41) is 10.7. The van der Waals surface area contributed by atoms with E-state index in [9.17, 15) is 24.5 Å². The third-order valence-electron chi connectivity index (χ3n) is 2.45. The predicted octanol–water partition coefficient (Wildman–Crippen LogP) is -0.811. The Morgan fingerprint density at radius 2 is 2.06 bits per heavy atom. The van der Waals surface area contributed by atoms with Crippen molar-refractivity contribution >= 4 is 11.7 Å². The van der Waals surface area contributed by atoms with Gasteiger partial charge in [-0.2, -0.15) is 0 Å². The Hall–Kier alpha value is -2.45. The van der Waals surface area contributed by atoms with E-state index in [-0.39, 0.29) is 0 Å². The van der Waals surface area contributed by atoms with Crippen molar-refractivity contribution in [3.05, 3.63) is 37.1 Å². The Kier molecular flexibility index (Phi) is 3.64. The Balaban J connectivity index is 3.57. The molecule has 1 aromatic rings. The van der Waals surface area contributed by atoms with Crippen LogP contribution in [0.5, 0.6) is 0 Å². The highest BCUT2D eigenvalue weighted by molar-refractivity contribution is 5.73. The summed E-state index contributed by atoms with van der Waals surface area (Å²) in [6.07, 6.45) is 0.742. The number of nitro groups is 1. The van der Waals surface area contributed by atoms with Gasteiger partial charge in [-0.25, -0.2) is 9.59 Å². The lowest BCUT2D eigenvalue weighted by Gasteiger charge is -2.12. The first-order valence-corrected chi connectivity index (χ1v) is 4.85. The number of carbonyl (C=O) groups excluding carboxylic acids is 1. The van der Waals surface area contributed by atoms with E-state index >= 15 is 0 Å². The van der Waals surface area contributed by atoms with Crippen molar-refractivity contribution in [2.45, 2.75) is 13.0 Å². The van der Waals surface area contributed by atoms with Crippen molar-refractivity contribution in [3.8, 4) is 0 Å². The summed E-state index contributed by atoms with van der Waals surface area (Å²) in [7, 11) is 2.22. The first kappa shape index (κ1) is 13.6. The van der Waals surface area contributed by atoms with Crippen molar-refractivity contribution in [1.29, 1.82) is 0 Å². The zero-order valence-corrected chi connectivity index (χ0v) is 9.95. The molecule has 0 radical (unpaired) electrons. The molecule has 0 aliphatic carbocycles. The van der Waals surface area contributed by atoms with Crippen LogP contribution in [0, 0.1) is 10.1 Å². The second-order valence-electron chi connectivity index (χ2n) is 3.52. The number of carbonyl (C=O) groups is 1. The smallest absolute Gasteiger partial charge is 0.350 e. The van der Waals surface area contributed by atoms with Crippen LogP contribution in [0.1, 0.15) is 13.0 Å². The molecule has 0 aromatic carbocycles. The molecule has 18 heavy (non-hydrogen) atoms. The Labute approximate surface area is 100 Å². The van der Waals surface area contributed by atoms with Crippen molar-refractivity contribution in [2.24, 2.45) is 7.05 Å². The van der Waals surface area contributed by atoms with Crippen LogP contribution >= 0.6 is 0 Å². The molecule has 0 aliphatic heterocycles. The van der Waals surface area contributed by atoms with Crippen LogP contribution in [0.15, 0.2) is 15.8 Å². The van der Waals surface area contributed by atoms with Gasteiger partial charge in [-0.05, 0) is 6.92 Å². The molecule has 98 valence electrons. The highest BCUT2D eigenvalue weighted by atomic mass is 16.6. The summed E-state index contributed by atoms with van der Waals surface area (Å²) in [6, 6.07) is -1.06. The lowest BCUT2D eigenvalue weighted by atomic mass is 10.3. The molecule has 1 heterocycles. The maximum Gasteiger partial charge on any atom is 0.350 e. The minimum Gasteiger partial charge on any atom is -0.467 e. The van der Waals surface area contributed by atoms with Crippen LogP contribution in [-0.2, 0) is 16.6 Å². The number of hydrogen-bond donors (Lipinski definition) is 0. The number of hydrogen-bond acceptors (Lipinski definition) is 6. The molecule has 0 saturated heterocycles.